The van der Waals surface area contributed by atoms with E-state index in [9.17, 15) is 0 Å². The molecule has 0 saturated heterocycles. The van der Waals surface area contributed by atoms with Crippen molar-refractivity contribution in [3.8, 4) is 0 Å². The van der Waals surface area contributed by atoms with Crippen LogP contribution in [0.15, 0.2) is 30.3 Å². The summed E-state index contributed by atoms with van der Waals surface area (Å²) in [5, 5.41) is 5.38. The van der Waals surface area contributed by atoms with E-state index < -0.39 is 0 Å². The number of hydrogen-bond donors (Lipinski definition) is 1. The molecule has 2 heterocycles. The Morgan fingerprint density at radius 1 is 1.53 bits per heavy atom. The average molecular weight is 247 g/mol. The molecule has 0 unspecified atom stereocenters. The van der Waals surface area contributed by atoms with E-state index in [1.54, 1.807) is 11.3 Å². The lowest BCUT2D eigenvalue weighted by molar-refractivity contribution is 0.810. The Bertz CT molecular complexity index is 510. The molecule has 0 spiro atoms. The Morgan fingerprint density at radius 2 is 2.35 bits per heavy atom. The number of aromatic nitrogens is 2. The number of rotatable bonds is 5. The van der Waals surface area contributed by atoms with Crippen molar-refractivity contribution in [2.75, 3.05) is 11.9 Å². The Hall–Kier alpha value is -1.55. The summed E-state index contributed by atoms with van der Waals surface area (Å²) >= 11 is 1.79. The third-order valence-corrected chi connectivity index (χ3v) is 3.59. The lowest BCUT2D eigenvalue weighted by atomic mass is 10.3. The summed E-state index contributed by atoms with van der Waals surface area (Å²) in [6.45, 7) is 9.48. The average Bonchev–Trinajstić information content (AvgIpc) is 2.84. The van der Waals surface area contributed by atoms with Crippen LogP contribution in [0.1, 0.15) is 16.1 Å². The number of anilines is 1. The highest BCUT2D eigenvalue weighted by Gasteiger charge is 2.07. The van der Waals surface area contributed by atoms with Crippen LogP contribution in [0.25, 0.3) is 0 Å². The van der Waals surface area contributed by atoms with Gasteiger partial charge < -0.3 is 9.88 Å². The molecule has 0 bridgehead atoms. The van der Waals surface area contributed by atoms with Gasteiger partial charge in [0, 0.05) is 17.6 Å². The lowest BCUT2D eigenvalue weighted by Gasteiger charge is -2.07. The van der Waals surface area contributed by atoms with Gasteiger partial charge in [0.2, 0.25) is 5.95 Å². The number of nitrogens with zero attached hydrogens (tertiary/aromatic N) is 2. The third kappa shape index (κ3) is 2.77. The Labute approximate surface area is 106 Å². The van der Waals surface area contributed by atoms with Crippen molar-refractivity contribution in [1.82, 2.24) is 9.55 Å². The molecule has 0 amide bonds. The molecule has 2 aromatic rings. The van der Waals surface area contributed by atoms with E-state index in [0.29, 0.717) is 0 Å². The molecule has 2 aromatic heterocycles. The maximum absolute atomic E-state index is 4.47. The van der Waals surface area contributed by atoms with Crippen LogP contribution in [0.4, 0.5) is 5.95 Å². The molecule has 0 aromatic carbocycles. The van der Waals surface area contributed by atoms with Crippen molar-refractivity contribution in [1.29, 1.82) is 0 Å². The predicted molar refractivity (Wildman–Crippen MR) is 73.8 cm³/mol. The number of thiophene rings is 1. The van der Waals surface area contributed by atoms with E-state index in [2.05, 4.69) is 46.0 Å². The number of aryl methyl sites for hydroxylation is 2. The summed E-state index contributed by atoms with van der Waals surface area (Å²) in [6.07, 6.45) is 3.91. The van der Waals surface area contributed by atoms with Crippen LogP contribution in [0.3, 0.4) is 0 Å². The first-order valence-corrected chi connectivity index (χ1v) is 6.50. The van der Waals surface area contributed by atoms with Gasteiger partial charge in [-0.2, -0.15) is 0 Å². The zero-order valence-electron chi connectivity index (χ0n) is 10.2. The summed E-state index contributed by atoms with van der Waals surface area (Å²) in [4.78, 5) is 5.85. The van der Waals surface area contributed by atoms with Crippen LogP contribution >= 0.6 is 11.3 Å². The van der Waals surface area contributed by atoms with Gasteiger partial charge in [0.25, 0.3) is 0 Å². The van der Waals surface area contributed by atoms with Gasteiger partial charge in [-0.1, -0.05) is 6.08 Å². The predicted octanol–water partition coefficient (Wildman–Crippen LogP) is 3.21. The molecule has 17 heavy (non-hydrogen) atoms. The standard InChI is InChI=1S/C13H17N3S/c1-4-6-14-13-15-11(3)8-16(13)9-12-10(2)5-7-17-12/h4-5,7-8H,1,6,9H2,2-3H3,(H,14,15). The SMILES string of the molecule is C=CCNc1nc(C)cn1Cc1sccc1C. The fourth-order valence-electron chi connectivity index (χ4n) is 1.69. The lowest BCUT2D eigenvalue weighted by Crippen LogP contribution is -2.07. The summed E-state index contributed by atoms with van der Waals surface area (Å²) < 4.78 is 2.15. The van der Waals surface area contributed by atoms with Gasteiger partial charge in [0.05, 0.1) is 12.2 Å². The quantitative estimate of drug-likeness (QED) is 0.822. The molecule has 0 aliphatic rings. The molecule has 0 aliphatic heterocycles. The number of nitrogens with one attached hydrogen (secondary N) is 1. The van der Waals surface area contributed by atoms with Crippen molar-refractivity contribution < 1.29 is 0 Å². The smallest absolute Gasteiger partial charge is 0.203 e. The minimum Gasteiger partial charge on any atom is -0.352 e. The van der Waals surface area contributed by atoms with Crippen molar-refractivity contribution in [2.45, 2.75) is 20.4 Å². The summed E-state index contributed by atoms with van der Waals surface area (Å²) in [5.41, 5.74) is 2.38. The van der Waals surface area contributed by atoms with Gasteiger partial charge in [-0.05, 0) is 30.9 Å². The molecule has 3 nitrogen and oxygen atoms in total. The van der Waals surface area contributed by atoms with E-state index in [0.717, 1.165) is 24.7 Å². The van der Waals surface area contributed by atoms with Crippen molar-refractivity contribution in [3.05, 3.63) is 46.4 Å². The second-order valence-corrected chi connectivity index (χ2v) is 5.03. The molecule has 0 radical (unpaired) electrons. The highest BCUT2D eigenvalue weighted by Crippen LogP contribution is 2.19. The minimum absolute atomic E-state index is 0.736. The van der Waals surface area contributed by atoms with Crippen LogP contribution in [0.5, 0.6) is 0 Å². The molecule has 0 atom stereocenters. The van der Waals surface area contributed by atoms with E-state index >= 15 is 0 Å². The number of hydrogen-bond acceptors (Lipinski definition) is 3. The normalized spacial score (nSPS) is 10.5. The van der Waals surface area contributed by atoms with E-state index in [4.69, 9.17) is 0 Å². The number of imidazole rings is 1. The highest BCUT2D eigenvalue weighted by molar-refractivity contribution is 7.10. The second kappa shape index (κ2) is 5.19. The summed E-state index contributed by atoms with van der Waals surface area (Å²) in [5.74, 6) is 0.912. The topological polar surface area (TPSA) is 29.9 Å². The first-order chi connectivity index (χ1) is 8.20. The van der Waals surface area contributed by atoms with Crippen molar-refractivity contribution >= 4 is 17.3 Å². The zero-order chi connectivity index (χ0) is 12.3. The maximum Gasteiger partial charge on any atom is 0.203 e. The third-order valence-electron chi connectivity index (χ3n) is 2.58. The van der Waals surface area contributed by atoms with Gasteiger partial charge in [-0.25, -0.2) is 4.98 Å². The maximum atomic E-state index is 4.47. The minimum atomic E-state index is 0.736. The summed E-state index contributed by atoms with van der Waals surface area (Å²) in [7, 11) is 0. The van der Waals surface area contributed by atoms with Crippen LogP contribution in [-0.4, -0.2) is 16.1 Å². The van der Waals surface area contributed by atoms with Crippen molar-refractivity contribution in [2.24, 2.45) is 0 Å². The Kier molecular flexibility index (Phi) is 3.64. The molecule has 0 fully saturated rings. The van der Waals surface area contributed by atoms with Gasteiger partial charge in [0.15, 0.2) is 0 Å². The molecule has 2 rings (SSSR count). The molecule has 90 valence electrons. The Morgan fingerprint density at radius 3 is 3.00 bits per heavy atom. The van der Waals surface area contributed by atoms with E-state index in [1.165, 1.54) is 10.4 Å². The summed E-state index contributed by atoms with van der Waals surface area (Å²) in [6, 6.07) is 2.15. The monoisotopic (exact) mass is 247 g/mol. The van der Waals surface area contributed by atoms with Crippen molar-refractivity contribution in [3.63, 3.8) is 0 Å². The Balaban J connectivity index is 2.20. The van der Waals surface area contributed by atoms with Crippen LogP contribution in [0, 0.1) is 13.8 Å². The first-order valence-electron chi connectivity index (χ1n) is 5.62. The molecule has 0 saturated carbocycles. The van der Waals surface area contributed by atoms with Crippen LogP contribution in [0.2, 0.25) is 0 Å². The molecule has 4 heteroatoms. The second-order valence-electron chi connectivity index (χ2n) is 4.03. The van der Waals surface area contributed by atoms with E-state index in [-0.39, 0.29) is 0 Å². The first kappa shape index (κ1) is 11.9. The molecule has 0 aliphatic carbocycles. The zero-order valence-corrected chi connectivity index (χ0v) is 11.0. The fourth-order valence-corrected chi connectivity index (χ4v) is 2.60. The van der Waals surface area contributed by atoms with Gasteiger partial charge in [0.1, 0.15) is 0 Å². The van der Waals surface area contributed by atoms with Gasteiger partial charge in [-0.15, -0.1) is 17.9 Å². The molecular formula is C13H17N3S. The van der Waals surface area contributed by atoms with E-state index in [1.807, 2.05) is 13.0 Å². The van der Waals surface area contributed by atoms with Crippen LogP contribution in [-0.2, 0) is 6.54 Å². The largest absolute Gasteiger partial charge is 0.352 e. The van der Waals surface area contributed by atoms with Crippen LogP contribution < -0.4 is 5.32 Å². The molecule has 1 N–H and O–H groups in total. The fraction of sp³-hybridized carbons (Fsp3) is 0.308. The van der Waals surface area contributed by atoms with Gasteiger partial charge >= 0.3 is 0 Å². The van der Waals surface area contributed by atoms with Gasteiger partial charge in [-0.3, -0.25) is 0 Å². The highest BCUT2D eigenvalue weighted by atomic mass is 32.1. The molecular weight excluding hydrogens is 230 g/mol.